The number of hydrogen-bond acceptors (Lipinski definition) is 8. The molecule has 1 aliphatic rings. The van der Waals surface area contributed by atoms with Gasteiger partial charge in [-0.3, -0.25) is 14.4 Å². The van der Waals surface area contributed by atoms with Crippen LogP contribution < -0.4 is 14.8 Å². The molecule has 2 heterocycles. The molecule has 4 rings (SSSR count). The van der Waals surface area contributed by atoms with Gasteiger partial charge in [-0.15, -0.1) is 11.3 Å². The summed E-state index contributed by atoms with van der Waals surface area (Å²) in [6.45, 7) is -0.585. The molecule has 0 bridgehead atoms. The summed E-state index contributed by atoms with van der Waals surface area (Å²) in [5, 5.41) is 4.42. The van der Waals surface area contributed by atoms with Crippen molar-refractivity contribution in [1.82, 2.24) is 4.90 Å². The molecule has 0 spiro atoms. The van der Waals surface area contributed by atoms with Crippen LogP contribution >= 0.6 is 11.3 Å². The number of carbonyl (C=O) groups excluding carboxylic acids is 4. The van der Waals surface area contributed by atoms with E-state index in [4.69, 9.17) is 14.2 Å². The first kappa shape index (κ1) is 22.0. The fourth-order valence-corrected chi connectivity index (χ4v) is 3.92. The lowest BCUT2D eigenvalue weighted by atomic mass is 10.1. The molecule has 0 radical (unpaired) electrons. The van der Waals surface area contributed by atoms with Crippen molar-refractivity contribution in [2.75, 3.05) is 26.3 Å². The molecular formula is C23H18N2O7S. The molecule has 9 nitrogen and oxygen atoms in total. The summed E-state index contributed by atoms with van der Waals surface area (Å²) in [4.78, 5) is 51.8. The van der Waals surface area contributed by atoms with Gasteiger partial charge >= 0.3 is 5.97 Å². The summed E-state index contributed by atoms with van der Waals surface area (Å²) in [5.74, 6) is -1.88. The summed E-state index contributed by atoms with van der Waals surface area (Å²) in [6.07, 6.45) is 0. The quantitative estimate of drug-likeness (QED) is 0.419. The van der Waals surface area contributed by atoms with E-state index in [1.165, 1.54) is 49.8 Å². The van der Waals surface area contributed by atoms with Crippen LogP contribution in [0.3, 0.4) is 0 Å². The molecule has 3 amide bonds. The number of fused-ring (bicyclic) bond motifs is 1. The van der Waals surface area contributed by atoms with Crippen LogP contribution in [0.2, 0.25) is 0 Å². The van der Waals surface area contributed by atoms with E-state index in [-0.39, 0.29) is 33.9 Å². The fraction of sp³-hybridized carbons (Fsp3) is 0.130. The van der Waals surface area contributed by atoms with Gasteiger partial charge in [0.25, 0.3) is 17.7 Å². The largest absolute Gasteiger partial charge is 0.493 e. The second-order valence-electron chi connectivity index (χ2n) is 6.83. The number of rotatable bonds is 7. The van der Waals surface area contributed by atoms with Crippen molar-refractivity contribution < 1.29 is 33.4 Å². The molecule has 1 aromatic heterocycles. The molecule has 1 aliphatic heterocycles. The molecule has 33 heavy (non-hydrogen) atoms. The average Bonchev–Trinajstić information content (AvgIpc) is 3.45. The number of imide groups is 1. The number of benzene rings is 2. The van der Waals surface area contributed by atoms with Crippen LogP contribution in [0.1, 0.15) is 40.7 Å². The molecule has 0 aliphatic carbocycles. The first-order chi connectivity index (χ1) is 15.9. The standard InChI is InChI=1S/C23H18N2O7S/c1-30-17-10-15(16(11-18(17)31-2)24-20(26)19-8-5-9-33-19)23(29)32-12-25-21(27)13-6-3-4-7-14(13)22(25)28/h3-11H,12H2,1-2H3,(H,24,26). The predicted octanol–water partition coefficient (Wildman–Crippen LogP) is 3.43. The number of ether oxygens (including phenoxy) is 3. The summed E-state index contributed by atoms with van der Waals surface area (Å²) >= 11 is 1.24. The van der Waals surface area contributed by atoms with Crippen molar-refractivity contribution in [2.45, 2.75) is 0 Å². The van der Waals surface area contributed by atoms with Gasteiger partial charge in [0.15, 0.2) is 18.2 Å². The summed E-state index contributed by atoms with van der Waals surface area (Å²) in [7, 11) is 2.82. The van der Waals surface area contributed by atoms with Gasteiger partial charge in [0.1, 0.15) is 0 Å². The number of esters is 1. The van der Waals surface area contributed by atoms with Crippen LogP contribution in [-0.4, -0.2) is 49.5 Å². The monoisotopic (exact) mass is 466 g/mol. The highest BCUT2D eigenvalue weighted by atomic mass is 32.1. The summed E-state index contributed by atoms with van der Waals surface area (Å²) in [6, 6.07) is 12.5. The van der Waals surface area contributed by atoms with Crippen LogP contribution in [0.5, 0.6) is 11.5 Å². The maximum absolute atomic E-state index is 12.9. The smallest absolute Gasteiger partial charge is 0.342 e. The molecule has 0 unspecified atom stereocenters. The van der Waals surface area contributed by atoms with E-state index in [9.17, 15) is 19.2 Å². The molecule has 168 valence electrons. The highest BCUT2D eigenvalue weighted by molar-refractivity contribution is 7.12. The third-order valence-electron chi connectivity index (χ3n) is 4.94. The van der Waals surface area contributed by atoms with Gasteiger partial charge in [-0.05, 0) is 23.6 Å². The third-order valence-corrected chi connectivity index (χ3v) is 5.81. The number of methoxy groups -OCH3 is 2. The molecule has 0 fully saturated rings. The van der Waals surface area contributed by atoms with E-state index in [1.807, 2.05) is 0 Å². The SMILES string of the molecule is COc1cc(NC(=O)c2cccs2)c(C(=O)OCN2C(=O)c3ccccc3C2=O)cc1OC. The molecule has 0 saturated heterocycles. The number of nitrogens with one attached hydrogen (secondary N) is 1. The molecule has 1 N–H and O–H groups in total. The Hall–Kier alpha value is -4.18. The Kier molecular flexibility index (Phi) is 6.09. The number of amides is 3. The van der Waals surface area contributed by atoms with E-state index < -0.39 is 30.4 Å². The molecule has 3 aromatic rings. The van der Waals surface area contributed by atoms with Gasteiger partial charge in [-0.25, -0.2) is 9.69 Å². The molecule has 0 saturated carbocycles. The van der Waals surface area contributed by atoms with E-state index in [0.717, 1.165) is 4.90 Å². The molecular weight excluding hydrogens is 448 g/mol. The second kappa shape index (κ2) is 9.13. The highest BCUT2D eigenvalue weighted by Gasteiger charge is 2.36. The Labute approximate surface area is 192 Å². The van der Waals surface area contributed by atoms with Crippen molar-refractivity contribution >= 4 is 40.7 Å². The lowest BCUT2D eigenvalue weighted by molar-refractivity contribution is 0.0228. The number of carbonyl (C=O) groups is 4. The Morgan fingerprint density at radius 2 is 1.58 bits per heavy atom. The Bertz CT molecular complexity index is 1220. The third kappa shape index (κ3) is 4.15. The lowest BCUT2D eigenvalue weighted by Crippen LogP contribution is -2.33. The zero-order valence-corrected chi connectivity index (χ0v) is 18.4. The maximum atomic E-state index is 12.9. The number of nitrogens with zero attached hydrogens (tertiary/aromatic N) is 1. The zero-order chi connectivity index (χ0) is 23.5. The minimum atomic E-state index is -0.867. The zero-order valence-electron chi connectivity index (χ0n) is 17.6. The number of hydrogen-bond donors (Lipinski definition) is 1. The van der Waals surface area contributed by atoms with Crippen molar-refractivity contribution in [1.29, 1.82) is 0 Å². The minimum Gasteiger partial charge on any atom is -0.493 e. The van der Waals surface area contributed by atoms with Crippen molar-refractivity contribution in [3.63, 3.8) is 0 Å². The van der Waals surface area contributed by atoms with Crippen LogP contribution in [0, 0.1) is 0 Å². The fourth-order valence-electron chi connectivity index (χ4n) is 3.30. The Morgan fingerprint density at radius 1 is 0.939 bits per heavy atom. The average molecular weight is 466 g/mol. The van der Waals surface area contributed by atoms with Crippen molar-refractivity contribution in [2.24, 2.45) is 0 Å². The van der Waals surface area contributed by atoms with E-state index in [2.05, 4.69) is 5.32 Å². The number of anilines is 1. The van der Waals surface area contributed by atoms with Gasteiger partial charge in [0, 0.05) is 12.1 Å². The normalized spacial score (nSPS) is 12.4. The first-order valence-electron chi connectivity index (χ1n) is 9.67. The second-order valence-corrected chi connectivity index (χ2v) is 7.78. The van der Waals surface area contributed by atoms with Gasteiger partial charge in [0.2, 0.25) is 0 Å². The van der Waals surface area contributed by atoms with E-state index in [1.54, 1.807) is 29.6 Å². The van der Waals surface area contributed by atoms with Crippen LogP contribution in [-0.2, 0) is 4.74 Å². The minimum absolute atomic E-state index is 0.0332. The highest BCUT2D eigenvalue weighted by Crippen LogP contribution is 2.34. The van der Waals surface area contributed by atoms with Gasteiger partial charge in [-0.1, -0.05) is 18.2 Å². The molecule has 10 heteroatoms. The van der Waals surface area contributed by atoms with Gasteiger partial charge in [0.05, 0.1) is 41.5 Å². The van der Waals surface area contributed by atoms with E-state index in [0.29, 0.717) is 4.88 Å². The first-order valence-corrected chi connectivity index (χ1v) is 10.6. The maximum Gasteiger partial charge on any atom is 0.342 e. The summed E-state index contributed by atoms with van der Waals surface area (Å²) in [5.41, 5.74) is 0.578. The summed E-state index contributed by atoms with van der Waals surface area (Å²) < 4.78 is 15.8. The van der Waals surface area contributed by atoms with Crippen LogP contribution in [0.15, 0.2) is 53.9 Å². The Balaban J connectivity index is 1.58. The van der Waals surface area contributed by atoms with E-state index >= 15 is 0 Å². The topological polar surface area (TPSA) is 111 Å². The van der Waals surface area contributed by atoms with Crippen molar-refractivity contribution in [3.8, 4) is 11.5 Å². The van der Waals surface area contributed by atoms with Gasteiger partial charge < -0.3 is 19.5 Å². The van der Waals surface area contributed by atoms with Crippen molar-refractivity contribution in [3.05, 3.63) is 75.5 Å². The Morgan fingerprint density at radius 3 is 2.15 bits per heavy atom. The molecule has 2 aromatic carbocycles. The number of thiophene rings is 1. The predicted molar refractivity (Wildman–Crippen MR) is 119 cm³/mol. The van der Waals surface area contributed by atoms with Crippen LogP contribution in [0.25, 0.3) is 0 Å². The van der Waals surface area contributed by atoms with Gasteiger partial charge in [-0.2, -0.15) is 0 Å². The molecule has 0 atom stereocenters. The van der Waals surface area contributed by atoms with Crippen LogP contribution in [0.4, 0.5) is 5.69 Å². The lowest BCUT2D eigenvalue weighted by Gasteiger charge is -2.17.